The predicted octanol–water partition coefficient (Wildman–Crippen LogP) is 3.44. The van der Waals surface area contributed by atoms with E-state index in [1.54, 1.807) is 0 Å². The van der Waals surface area contributed by atoms with E-state index >= 15 is 0 Å². The Hall–Kier alpha value is -2.29. The number of fused-ring (bicyclic) bond motifs is 1. The Kier molecular flexibility index (Phi) is 3.18. The maximum absolute atomic E-state index is 12.8. The van der Waals surface area contributed by atoms with Gasteiger partial charge in [-0.05, 0) is 24.3 Å². The number of benzene rings is 2. The van der Waals surface area contributed by atoms with Crippen LogP contribution in [0.5, 0.6) is 0 Å². The van der Waals surface area contributed by atoms with Crippen molar-refractivity contribution >= 4 is 23.0 Å². The number of nitrogens with zero attached hydrogens (tertiary/aromatic N) is 2. The number of rotatable bonds is 1. The second kappa shape index (κ2) is 5.00. The van der Waals surface area contributed by atoms with E-state index < -0.39 is 0 Å². The zero-order valence-electron chi connectivity index (χ0n) is 11.8. The average Bonchev–Trinajstić information content (AvgIpc) is 2.57. The van der Waals surface area contributed by atoms with Gasteiger partial charge in [-0.15, -0.1) is 0 Å². The maximum atomic E-state index is 12.8. The number of hydrogen-bond donors (Lipinski definition) is 0. The van der Waals surface area contributed by atoms with Gasteiger partial charge in [-0.25, -0.2) is 0 Å². The minimum atomic E-state index is -0.0346. The second-order valence-electron chi connectivity index (χ2n) is 5.28. The van der Waals surface area contributed by atoms with Crippen molar-refractivity contribution in [2.24, 2.45) is 5.92 Å². The molecule has 0 N–H and O–H groups in total. The number of anilines is 3. The molecule has 102 valence electrons. The molecule has 1 heterocycles. The van der Waals surface area contributed by atoms with Gasteiger partial charge in [0.05, 0.1) is 17.3 Å². The minimum Gasteiger partial charge on any atom is -0.372 e. The van der Waals surface area contributed by atoms with Crippen LogP contribution in [-0.2, 0) is 4.79 Å². The number of amides is 1. The van der Waals surface area contributed by atoms with Crippen LogP contribution in [-0.4, -0.2) is 19.5 Å². The Labute approximate surface area is 119 Å². The summed E-state index contributed by atoms with van der Waals surface area (Å²) in [7, 11) is 2.04. The molecule has 3 rings (SSSR count). The van der Waals surface area contributed by atoms with Crippen molar-refractivity contribution in [1.29, 1.82) is 0 Å². The van der Waals surface area contributed by atoms with Crippen molar-refractivity contribution in [1.82, 2.24) is 0 Å². The first-order valence-electron chi connectivity index (χ1n) is 6.87. The lowest BCUT2D eigenvalue weighted by molar-refractivity contribution is -0.120. The summed E-state index contributed by atoms with van der Waals surface area (Å²) in [5, 5.41) is 0. The van der Waals surface area contributed by atoms with Crippen molar-refractivity contribution in [3.05, 3.63) is 54.6 Å². The van der Waals surface area contributed by atoms with Crippen LogP contribution in [0.4, 0.5) is 17.1 Å². The monoisotopic (exact) mass is 266 g/mol. The number of carbonyl (C=O) groups is 1. The van der Waals surface area contributed by atoms with Crippen LogP contribution in [0.2, 0.25) is 0 Å². The zero-order valence-corrected chi connectivity index (χ0v) is 11.8. The Morgan fingerprint density at radius 2 is 1.55 bits per heavy atom. The Morgan fingerprint density at radius 3 is 2.25 bits per heavy atom. The van der Waals surface area contributed by atoms with Gasteiger partial charge in [0.2, 0.25) is 5.91 Å². The third-order valence-electron chi connectivity index (χ3n) is 3.74. The summed E-state index contributed by atoms with van der Waals surface area (Å²) < 4.78 is 0. The van der Waals surface area contributed by atoms with Crippen LogP contribution in [0.3, 0.4) is 0 Å². The van der Waals surface area contributed by atoms with Crippen LogP contribution < -0.4 is 9.80 Å². The van der Waals surface area contributed by atoms with Gasteiger partial charge < -0.3 is 4.90 Å². The fourth-order valence-electron chi connectivity index (χ4n) is 2.75. The lowest BCUT2D eigenvalue weighted by Crippen LogP contribution is -2.32. The van der Waals surface area contributed by atoms with Gasteiger partial charge in [0, 0.05) is 19.3 Å². The van der Waals surface area contributed by atoms with Crippen molar-refractivity contribution in [2.75, 3.05) is 23.4 Å². The van der Waals surface area contributed by atoms with Gasteiger partial charge in [0.15, 0.2) is 0 Å². The number of hydrogen-bond acceptors (Lipinski definition) is 2. The fourth-order valence-corrected chi connectivity index (χ4v) is 2.75. The third-order valence-corrected chi connectivity index (χ3v) is 3.74. The summed E-state index contributed by atoms with van der Waals surface area (Å²) >= 11 is 0. The van der Waals surface area contributed by atoms with Gasteiger partial charge >= 0.3 is 0 Å². The third kappa shape index (κ3) is 2.05. The number of para-hydroxylation sites is 3. The highest BCUT2D eigenvalue weighted by Gasteiger charge is 2.30. The van der Waals surface area contributed by atoms with Crippen LogP contribution >= 0.6 is 0 Å². The van der Waals surface area contributed by atoms with Crippen LogP contribution in [0.25, 0.3) is 0 Å². The van der Waals surface area contributed by atoms with Gasteiger partial charge in [-0.1, -0.05) is 37.3 Å². The van der Waals surface area contributed by atoms with Crippen molar-refractivity contribution in [3.8, 4) is 0 Å². The molecule has 2 aromatic rings. The normalized spacial score (nSPS) is 18.7. The topological polar surface area (TPSA) is 23.6 Å². The summed E-state index contributed by atoms with van der Waals surface area (Å²) in [5.41, 5.74) is 2.97. The van der Waals surface area contributed by atoms with E-state index in [2.05, 4.69) is 11.0 Å². The first-order valence-corrected chi connectivity index (χ1v) is 6.87. The molecule has 0 spiro atoms. The van der Waals surface area contributed by atoms with E-state index in [4.69, 9.17) is 0 Å². The highest BCUT2D eigenvalue weighted by atomic mass is 16.2. The van der Waals surface area contributed by atoms with E-state index in [1.807, 2.05) is 67.4 Å². The van der Waals surface area contributed by atoms with E-state index in [-0.39, 0.29) is 11.8 Å². The molecule has 1 atom stereocenters. The second-order valence-corrected chi connectivity index (χ2v) is 5.28. The summed E-state index contributed by atoms with van der Waals surface area (Å²) in [6, 6.07) is 17.9. The van der Waals surface area contributed by atoms with Crippen LogP contribution in [0.1, 0.15) is 6.92 Å². The van der Waals surface area contributed by atoms with Crippen molar-refractivity contribution < 1.29 is 4.79 Å². The van der Waals surface area contributed by atoms with Crippen LogP contribution in [0, 0.1) is 5.92 Å². The molecule has 0 bridgehead atoms. The molecule has 1 aliphatic rings. The molecule has 0 saturated heterocycles. The summed E-state index contributed by atoms with van der Waals surface area (Å²) in [5.74, 6) is 0.112. The maximum Gasteiger partial charge on any atom is 0.236 e. The Morgan fingerprint density at radius 1 is 0.950 bits per heavy atom. The molecule has 1 unspecified atom stereocenters. The van der Waals surface area contributed by atoms with E-state index in [0.717, 1.165) is 23.6 Å². The molecule has 3 nitrogen and oxygen atoms in total. The van der Waals surface area contributed by atoms with Crippen molar-refractivity contribution in [2.45, 2.75) is 6.92 Å². The zero-order chi connectivity index (χ0) is 14.1. The molecule has 20 heavy (non-hydrogen) atoms. The SMILES string of the molecule is CC1CN(C)c2ccccc2N(c2ccccc2)C1=O. The Balaban J connectivity index is 2.19. The molecule has 0 fully saturated rings. The van der Waals surface area contributed by atoms with E-state index in [0.29, 0.717) is 0 Å². The first-order chi connectivity index (χ1) is 9.68. The van der Waals surface area contributed by atoms with Crippen LogP contribution in [0.15, 0.2) is 54.6 Å². The fraction of sp³-hybridized carbons (Fsp3) is 0.235. The summed E-state index contributed by atoms with van der Waals surface area (Å²) in [6.07, 6.45) is 0. The molecule has 0 saturated carbocycles. The smallest absolute Gasteiger partial charge is 0.236 e. The predicted molar refractivity (Wildman–Crippen MR) is 82.5 cm³/mol. The lowest BCUT2D eigenvalue weighted by Gasteiger charge is -2.24. The summed E-state index contributed by atoms with van der Waals surface area (Å²) in [4.78, 5) is 16.7. The molecule has 0 aliphatic carbocycles. The molecule has 1 amide bonds. The highest BCUT2D eigenvalue weighted by Crippen LogP contribution is 2.37. The molecule has 3 heteroatoms. The van der Waals surface area contributed by atoms with E-state index in [1.165, 1.54) is 0 Å². The number of carbonyl (C=O) groups excluding carboxylic acids is 1. The lowest BCUT2D eigenvalue weighted by atomic mass is 10.1. The molecule has 2 aromatic carbocycles. The molecular formula is C17H18N2O. The Bertz CT molecular complexity index is 624. The first kappa shape index (κ1) is 12.7. The molecular weight excluding hydrogens is 248 g/mol. The summed E-state index contributed by atoms with van der Waals surface area (Å²) in [6.45, 7) is 2.72. The average molecular weight is 266 g/mol. The van der Waals surface area contributed by atoms with Crippen molar-refractivity contribution in [3.63, 3.8) is 0 Å². The highest BCUT2D eigenvalue weighted by molar-refractivity contribution is 6.05. The molecule has 1 aliphatic heterocycles. The largest absolute Gasteiger partial charge is 0.372 e. The minimum absolute atomic E-state index is 0.0346. The van der Waals surface area contributed by atoms with Gasteiger partial charge in [-0.3, -0.25) is 9.69 Å². The standard InChI is InChI=1S/C17H18N2O/c1-13-12-18(2)15-10-6-7-11-16(15)19(17(13)20)14-8-4-3-5-9-14/h3-11,13H,12H2,1-2H3. The molecule has 0 aromatic heterocycles. The molecule has 0 radical (unpaired) electrons. The van der Waals surface area contributed by atoms with Gasteiger partial charge in [-0.2, -0.15) is 0 Å². The van der Waals surface area contributed by atoms with Gasteiger partial charge in [0.25, 0.3) is 0 Å². The van der Waals surface area contributed by atoms with Gasteiger partial charge in [0.1, 0.15) is 0 Å². The quantitative estimate of drug-likeness (QED) is 0.789. The van der Waals surface area contributed by atoms with E-state index in [9.17, 15) is 4.79 Å².